The molecule has 0 bridgehead atoms. The van der Waals surface area contributed by atoms with E-state index in [0.29, 0.717) is 17.2 Å². The molecule has 2 atom stereocenters. The molecule has 0 saturated carbocycles. The summed E-state index contributed by atoms with van der Waals surface area (Å²) >= 11 is 6.05. The van der Waals surface area contributed by atoms with Crippen LogP contribution in [0.5, 0.6) is 0 Å². The maximum Gasteiger partial charge on any atom is 0.338 e. The van der Waals surface area contributed by atoms with Crippen LogP contribution < -0.4 is 10.2 Å². The molecule has 0 spiro atoms. The molecule has 1 aliphatic heterocycles. The summed E-state index contributed by atoms with van der Waals surface area (Å²) in [6.45, 7) is 5.82. The molecule has 33 heavy (non-hydrogen) atoms. The molecule has 170 valence electrons. The van der Waals surface area contributed by atoms with Crippen molar-refractivity contribution in [1.82, 2.24) is 0 Å². The third kappa shape index (κ3) is 4.88. The SMILES string of the molecule is CCOC(=O)c1ccc(-c2ccc3c(c2)C(Nc2ccc(Cl)cc2)CC(C)N3C(C)=O)cc1. The Morgan fingerprint density at radius 2 is 1.70 bits per heavy atom. The second-order valence-corrected chi connectivity index (χ2v) is 8.69. The number of hydrogen-bond donors (Lipinski definition) is 1. The summed E-state index contributed by atoms with van der Waals surface area (Å²) < 4.78 is 5.08. The Labute approximate surface area is 199 Å². The Morgan fingerprint density at radius 1 is 1.03 bits per heavy atom. The van der Waals surface area contributed by atoms with Gasteiger partial charge in [0.25, 0.3) is 0 Å². The summed E-state index contributed by atoms with van der Waals surface area (Å²) in [6, 6.07) is 21.3. The highest BCUT2D eigenvalue weighted by Gasteiger charge is 2.32. The molecule has 1 heterocycles. The van der Waals surface area contributed by atoms with E-state index in [2.05, 4.69) is 18.3 Å². The van der Waals surface area contributed by atoms with Crippen LogP contribution in [0.2, 0.25) is 5.02 Å². The number of nitrogens with zero attached hydrogens (tertiary/aromatic N) is 1. The number of nitrogens with one attached hydrogen (secondary N) is 1. The monoisotopic (exact) mass is 462 g/mol. The zero-order valence-electron chi connectivity index (χ0n) is 19.0. The first-order valence-corrected chi connectivity index (χ1v) is 11.5. The second kappa shape index (κ2) is 9.67. The summed E-state index contributed by atoms with van der Waals surface area (Å²) in [6.07, 6.45) is 0.778. The van der Waals surface area contributed by atoms with Crippen LogP contribution >= 0.6 is 11.6 Å². The summed E-state index contributed by atoms with van der Waals surface area (Å²) in [4.78, 5) is 26.3. The lowest BCUT2D eigenvalue weighted by Crippen LogP contribution is -2.43. The predicted molar refractivity (Wildman–Crippen MR) is 133 cm³/mol. The molecule has 4 rings (SSSR count). The summed E-state index contributed by atoms with van der Waals surface area (Å²) in [5.41, 5.74) is 5.49. The number of benzene rings is 3. The molecule has 0 radical (unpaired) electrons. The minimum atomic E-state index is -0.326. The number of ether oxygens (including phenoxy) is 1. The molecular weight excluding hydrogens is 436 g/mol. The van der Waals surface area contributed by atoms with Gasteiger partial charge < -0.3 is 15.0 Å². The van der Waals surface area contributed by atoms with E-state index in [4.69, 9.17) is 16.3 Å². The normalized spacial score (nSPS) is 17.3. The number of carbonyl (C=O) groups is 2. The maximum atomic E-state index is 12.4. The molecule has 2 unspecified atom stereocenters. The highest BCUT2D eigenvalue weighted by Crippen LogP contribution is 2.41. The molecule has 0 fully saturated rings. The van der Waals surface area contributed by atoms with Crippen molar-refractivity contribution in [2.24, 2.45) is 0 Å². The molecule has 3 aromatic carbocycles. The lowest BCUT2D eigenvalue weighted by molar-refractivity contribution is -0.117. The minimum absolute atomic E-state index is 0.0280. The van der Waals surface area contributed by atoms with Gasteiger partial charge in [-0.3, -0.25) is 4.79 Å². The quantitative estimate of drug-likeness (QED) is 0.441. The molecule has 5 nitrogen and oxygen atoms in total. The Kier molecular flexibility index (Phi) is 6.70. The number of amides is 1. The van der Waals surface area contributed by atoms with Gasteiger partial charge in [0.15, 0.2) is 0 Å². The van der Waals surface area contributed by atoms with Crippen molar-refractivity contribution < 1.29 is 14.3 Å². The zero-order chi connectivity index (χ0) is 23.5. The first-order chi connectivity index (χ1) is 15.9. The fourth-order valence-corrected chi connectivity index (χ4v) is 4.55. The van der Waals surface area contributed by atoms with Crippen LogP contribution in [-0.4, -0.2) is 24.5 Å². The van der Waals surface area contributed by atoms with Crippen LogP contribution in [0.15, 0.2) is 66.7 Å². The molecule has 1 amide bonds. The minimum Gasteiger partial charge on any atom is -0.462 e. The van der Waals surface area contributed by atoms with Gasteiger partial charge in [-0.2, -0.15) is 0 Å². The summed E-state index contributed by atoms with van der Waals surface area (Å²) in [5.74, 6) is -0.298. The number of esters is 1. The van der Waals surface area contributed by atoms with Gasteiger partial charge >= 0.3 is 5.97 Å². The van der Waals surface area contributed by atoms with Gasteiger partial charge in [0, 0.05) is 29.4 Å². The fraction of sp³-hybridized carbons (Fsp3) is 0.259. The third-order valence-electron chi connectivity index (χ3n) is 5.93. The van der Waals surface area contributed by atoms with Crippen molar-refractivity contribution in [2.45, 2.75) is 39.3 Å². The smallest absolute Gasteiger partial charge is 0.338 e. The topological polar surface area (TPSA) is 58.6 Å². The zero-order valence-corrected chi connectivity index (χ0v) is 19.7. The largest absolute Gasteiger partial charge is 0.462 e. The Bertz CT molecular complexity index is 1160. The van der Waals surface area contributed by atoms with Crippen LogP contribution in [0.25, 0.3) is 11.1 Å². The summed E-state index contributed by atoms with van der Waals surface area (Å²) in [7, 11) is 0. The standard InChI is InChI=1S/C27H27ClN2O3/c1-4-33-27(32)20-7-5-19(6-8-20)21-9-14-26-24(16-21)25(15-17(2)30(26)18(3)31)29-23-12-10-22(28)11-13-23/h5-14,16-17,25,29H,4,15H2,1-3H3. The Balaban J connectivity index is 1.70. The molecule has 6 heteroatoms. The number of anilines is 2. The van der Waals surface area contributed by atoms with Crippen LogP contribution in [-0.2, 0) is 9.53 Å². The van der Waals surface area contributed by atoms with Gasteiger partial charge in [-0.1, -0.05) is 29.8 Å². The van der Waals surface area contributed by atoms with Crippen molar-refractivity contribution in [3.63, 3.8) is 0 Å². The van der Waals surface area contributed by atoms with E-state index < -0.39 is 0 Å². The van der Waals surface area contributed by atoms with Crippen molar-refractivity contribution in [2.75, 3.05) is 16.8 Å². The number of rotatable bonds is 5. The van der Waals surface area contributed by atoms with Crippen molar-refractivity contribution in [3.8, 4) is 11.1 Å². The van der Waals surface area contributed by atoms with Crippen LogP contribution in [0.4, 0.5) is 11.4 Å². The van der Waals surface area contributed by atoms with Crippen LogP contribution in [0, 0.1) is 0 Å². The number of halogens is 1. The Hall–Kier alpha value is -3.31. The lowest BCUT2D eigenvalue weighted by Gasteiger charge is -2.39. The van der Waals surface area contributed by atoms with Crippen molar-refractivity contribution in [1.29, 1.82) is 0 Å². The number of fused-ring (bicyclic) bond motifs is 1. The molecule has 0 aromatic heterocycles. The molecule has 1 aliphatic rings. The van der Waals surface area contributed by atoms with Gasteiger partial charge in [-0.05, 0) is 85.5 Å². The van der Waals surface area contributed by atoms with E-state index in [1.54, 1.807) is 26.0 Å². The van der Waals surface area contributed by atoms with Gasteiger partial charge in [-0.15, -0.1) is 0 Å². The average Bonchev–Trinajstić information content (AvgIpc) is 2.80. The predicted octanol–water partition coefficient (Wildman–Crippen LogP) is 6.48. The summed E-state index contributed by atoms with van der Waals surface area (Å²) in [5, 5.41) is 4.30. The average molecular weight is 463 g/mol. The molecule has 1 N–H and O–H groups in total. The molecule has 0 aliphatic carbocycles. The molecule has 3 aromatic rings. The van der Waals surface area contributed by atoms with Gasteiger partial charge in [-0.25, -0.2) is 4.79 Å². The maximum absolute atomic E-state index is 12.4. The highest BCUT2D eigenvalue weighted by molar-refractivity contribution is 6.30. The molecular formula is C27H27ClN2O3. The van der Waals surface area contributed by atoms with E-state index in [1.807, 2.05) is 53.4 Å². The lowest BCUT2D eigenvalue weighted by atomic mass is 9.88. The van der Waals surface area contributed by atoms with E-state index in [0.717, 1.165) is 34.5 Å². The van der Waals surface area contributed by atoms with Crippen LogP contribution in [0.3, 0.4) is 0 Å². The highest BCUT2D eigenvalue weighted by atomic mass is 35.5. The van der Waals surface area contributed by atoms with Crippen molar-refractivity contribution in [3.05, 3.63) is 82.9 Å². The van der Waals surface area contributed by atoms with E-state index >= 15 is 0 Å². The van der Waals surface area contributed by atoms with E-state index in [9.17, 15) is 9.59 Å². The van der Waals surface area contributed by atoms with Gasteiger partial charge in [0.1, 0.15) is 0 Å². The molecule has 0 saturated heterocycles. The van der Waals surface area contributed by atoms with E-state index in [-0.39, 0.29) is 24.0 Å². The Morgan fingerprint density at radius 3 is 2.33 bits per heavy atom. The fourth-order valence-electron chi connectivity index (χ4n) is 4.42. The number of carbonyl (C=O) groups excluding carboxylic acids is 2. The van der Waals surface area contributed by atoms with E-state index in [1.165, 1.54) is 0 Å². The number of hydrogen-bond acceptors (Lipinski definition) is 4. The third-order valence-corrected chi connectivity index (χ3v) is 6.19. The second-order valence-electron chi connectivity index (χ2n) is 8.25. The first-order valence-electron chi connectivity index (χ1n) is 11.1. The van der Waals surface area contributed by atoms with Gasteiger partial charge in [0.05, 0.1) is 18.2 Å². The van der Waals surface area contributed by atoms with Crippen LogP contribution in [0.1, 0.15) is 49.2 Å². The van der Waals surface area contributed by atoms with Crippen molar-refractivity contribution >= 4 is 34.9 Å². The van der Waals surface area contributed by atoms with Gasteiger partial charge in [0.2, 0.25) is 5.91 Å². The first kappa shape index (κ1) is 22.9.